The largest absolute Gasteiger partial charge is 0.495 e. The Bertz CT molecular complexity index is 863. The Morgan fingerprint density at radius 1 is 1.26 bits per heavy atom. The first-order valence-corrected chi connectivity index (χ1v) is 10.0. The number of methoxy groups -OCH3 is 1. The molecule has 2 aromatic rings. The van der Waals surface area contributed by atoms with E-state index in [1.807, 2.05) is 57.2 Å². The van der Waals surface area contributed by atoms with Crippen LogP contribution >= 0.6 is 27.5 Å². The van der Waals surface area contributed by atoms with E-state index in [-0.39, 0.29) is 6.04 Å². The Kier molecular flexibility index (Phi) is 5.73. The average molecular weight is 453 g/mol. The fourth-order valence-electron chi connectivity index (χ4n) is 3.33. The molecule has 2 aromatic carbocycles. The summed E-state index contributed by atoms with van der Waals surface area (Å²) in [5.41, 5.74) is 2.17. The number of amides is 1. The van der Waals surface area contributed by atoms with Gasteiger partial charge in [-0.25, -0.2) is 4.79 Å². The summed E-state index contributed by atoms with van der Waals surface area (Å²) in [5.74, 6) is 0.669. The van der Waals surface area contributed by atoms with Gasteiger partial charge in [0.1, 0.15) is 11.4 Å². The van der Waals surface area contributed by atoms with Gasteiger partial charge in [0.2, 0.25) is 0 Å². The Labute approximate surface area is 173 Å². The molecule has 0 saturated carbocycles. The number of ether oxygens (including phenoxy) is 2. The quantitative estimate of drug-likeness (QED) is 0.519. The fraction of sp³-hybridized carbons (Fsp3) is 0.381. The van der Waals surface area contributed by atoms with E-state index in [4.69, 9.17) is 21.1 Å². The molecule has 4 nitrogen and oxygen atoms in total. The first-order chi connectivity index (χ1) is 12.7. The minimum atomic E-state index is -0.598. The van der Waals surface area contributed by atoms with Gasteiger partial charge >= 0.3 is 6.09 Å². The molecule has 1 amide bonds. The highest BCUT2D eigenvalue weighted by Gasteiger charge is 2.36. The van der Waals surface area contributed by atoms with Gasteiger partial charge in [0.05, 0.1) is 23.3 Å². The van der Waals surface area contributed by atoms with Crippen molar-refractivity contribution in [2.75, 3.05) is 12.0 Å². The summed E-state index contributed by atoms with van der Waals surface area (Å²) in [7, 11) is 1.61. The molecule has 0 aliphatic carbocycles. The summed E-state index contributed by atoms with van der Waals surface area (Å²) in [6, 6.07) is 11.3. The van der Waals surface area contributed by atoms with Gasteiger partial charge in [0, 0.05) is 11.1 Å². The number of carbonyl (C=O) groups excluding carboxylic acids is 1. The van der Waals surface area contributed by atoms with Crippen LogP contribution in [-0.2, 0) is 11.2 Å². The molecule has 0 radical (unpaired) electrons. The van der Waals surface area contributed by atoms with Crippen molar-refractivity contribution in [2.45, 2.75) is 45.3 Å². The standard InChI is InChI=1S/C21H23BrClNO3/c1-21(2,3)27-20(25)24-17(14-7-5-6-8-16(14)23)10-9-13-11-15(22)19(26-4)12-18(13)24/h5-8,11-12,17H,9-10H2,1-4H3. The Morgan fingerprint density at radius 2 is 1.96 bits per heavy atom. The molecule has 0 aromatic heterocycles. The number of nitrogens with zero attached hydrogens (tertiary/aromatic N) is 1. The maximum Gasteiger partial charge on any atom is 0.415 e. The highest BCUT2D eigenvalue weighted by molar-refractivity contribution is 9.10. The van der Waals surface area contributed by atoms with E-state index < -0.39 is 11.7 Å². The van der Waals surface area contributed by atoms with Gasteiger partial charge < -0.3 is 9.47 Å². The molecular weight excluding hydrogens is 430 g/mol. The second-order valence-electron chi connectivity index (χ2n) is 7.54. The number of hydrogen-bond donors (Lipinski definition) is 0. The van der Waals surface area contributed by atoms with E-state index in [2.05, 4.69) is 15.9 Å². The third kappa shape index (κ3) is 4.25. The summed E-state index contributed by atoms with van der Waals surface area (Å²) in [6.07, 6.45) is 1.19. The van der Waals surface area contributed by atoms with E-state index in [1.54, 1.807) is 12.0 Å². The normalized spacial score (nSPS) is 16.7. The highest BCUT2D eigenvalue weighted by Crippen LogP contribution is 2.44. The van der Waals surface area contributed by atoms with E-state index in [9.17, 15) is 4.79 Å². The predicted molar refractivity (Wildman–Crippen MR) is 112 cm³/mol. The molecule has 144 valence electrons. The minimum absolute atomic E-state index is 0.202. The molecule has 0 N–H and O–H groups in total. The van der Waals surface area contributed by atoms with E-state index in [0.29, 0.717) is 10.8 Å². The molecular formula is C21H23BrClNO3. The Balaban J connectivity index is 2.13. The molecule has 0 bridgehead atoms. The molecule has 1 aliphatic heterocycles. The number of rotatable bonds is 2. The lowest BCUT2D eigenvalue weighted by molar-refractivity contribution is 0.0560. The van der Waals surface area contributed by atoms with Gasteiger partial charge in [0.15, 0.2) is 0 Å². The zero-order chi connectivity index (χ0) is 19.8. The summed E-state index contributed by atoms with van der Waals surface area (Å²) in [4.78, 5) is 14.9. The number of hydrogen-bond acceptors (Lipinski definition) is 3. The van der Waals surface area contributed by atoms with Crippen LogP contribution in [0.1, 0.15) is 44.4 Å². The minimum Gasteiger partial charge on any atom is -0.495 e. The van der Waals surface area contributed by atoms with E-state index in [0.717, 1.165) is 34.1 Å². The summed E-state index contributed by atoms with van der Waals surface area (Å²) in [5, 5.41) is 0.642. The lowest BCUT2D eigenvalue weighted by Gasteiger charge is -2.38. The number of benzene rings is 2. The van der Waals surface area contributed by atoms with Gasteiger partial charge in [-0.2, -0.15) is 0 Å². The molecule has 6 heteroatoms. The lowest BCUT2D eigenvalue weighted by Crippen LogP contribution is -2.42. The molecule has 1 unspecified atom stereocenters. The zero-order valence-electron chi connectivity index (χ0n) is 15.9. The maximum atomic E-state index is 13.2. The van der Waals surface area contributed by atoms with Crippen molar-refractivity contribution in [2.24, 2.45) is 0 Å². The number of aryl methyl sites for hydroxylation is 1. The monoisotopic (exact) mass is 451 g/mol. The molecule has 3 rings (SSSR count). The third-order valence-corrected chi connectivity index (χ3v) is 5.43. The van der Waals surface area contributed by atoms with Crippen molar-refractivity contribution in [1.82, 2.24) is 0 Å². The molecule has 1 heterocycles. The van der Waals surface area contributed by atoms with Crippen LogP contribution in [0.3, 0.4) is 0 Å². The van der Waals surface area contributed by atoms with Crippen LogP contribution in [-0.4, -0.2) is 18.8 Å². The summed E-state index contributed by atoms with van der Waals surface area (Å²) in [6.45, 7) is 5.59. The SMILES string of the molecule is COc1cc2c(cc1Br)CCC(c1ccccc1Cl)N2C(=O)OC(C)(C)C. The third-order valence-electron chi connectivity index (χ3n) is 4.47. The van der Waals surface area contributed by atoms with Crippen molar-refractivity contribution in [3.63, 3.8) is 0 Å². The molecule has 0 spiro atoms. The second kappa shape index (κ2) is 7.72. The van der Waals surface area contributed by atoms with Crippen molar-refractivity contribution in [3.8, 4) is 5.75 Å². The molecule has 1 atom stereocenters. The van der Waals surface area contributed by atoms with Crippen LogP contribution < -0.4 is 9.64 Å². The van der Waals surface area contributed by atoms with Crippen molar-refractivity contribution in [3.05, 3.63) is 57.0 Å². The topological polar surface area (TPSA) is 38.8 Å². The average Bonchev–Trinajstić information content (AvgIpc) is 2.59. The zero-order valence-corrected chi connectivity index (χ0v) is 18.2. The lowest BCUT2D eigenvalue weighted by atomic mass is 9.91. The van der Waals surface area contributed by atoms with Crippen LogP contribution in [0.15, 0.2) is 40.9 Å². The van der Waals surface area contributed by atoms with Gasteiger partial charge in [-0.05, 0) is 72.8 Å². The van der Waals surface area contributed by atoms with Gasteiger partial charge in [-0.1, -0.05) is 29.8 Å². The Hall–Kier alpha value is -1.72. The highest BCUT2D eigenvalue weighted by atomic mass is 79.9. The molecule has 1 aliphatic rings. The van der Waals surface area contributed by atoms with Crippen LogP contribution in [0, 0.1) is 0 Å². The van der Waals surface area contributed by atoms with Crippen molar-refractivity contribution >= 4 is 39.3 Å². The maximum absolute atomic E-state index is 13.2. The van der Waals surface area contributed by atoms with Crippen molar-refractivity contribution < 1.29 is 14.3 Å². The van der Waals surface area contributed by atoms with Gasteiger partial charge in [0.25, 0.3) is 0 Å². The Morgan fingerprint density at radius 3 is 2.59 bits per heavy atom. The number of anilines is 1. The molecule has 0 fully saturated rings. The van der Waals surface area contributed by atoms with Crippen molar-refractivity contribution in [1.29, 1.82) is 0 Å². The van der Waals surface area contributed by atoms with Gasteiger partial charge in [-0.3, -0.25) is 4.90 Å². The van der Waals surface area contributed by atoms with Crippen LogP contribution in [0.5, 0.6) is 5.75 Å². The number of fused-ring (bicyclic) bond motifs is 1. The molecule has 0 saturated heterocycles. The van der Waals surface area contributed by atoms with E-state index >= 15 is 0 Å². The second-order valence-corrected chi connectivity index (χ2v) is 8.80. The van der Waals surface area contributed by atoms with Crippen LogP contribution in [0.25, 0.3) is 0 Å². The van der Waals surface area contributed by atoms with Crippen LogP contribution in [0.2, 0.25) is 5.02 Å². The predicted octanol–water partition coefficient (Wildman–Crippen LogP) is 6.54. The molecule has 27 heavy (non-hydrogen) atoms. The fourth-order valence-corrected chi connectivity index (χ4v) is 4.14. The first kappa shape index (κ1) is 20.0. The van der Waals surface area contributed by atoms with E-state index in [1.165, 1.54) is 0 Å². The number of halogens is 2. The smallest absolute Gasteiger partial charge is 0.415 e. The summed E-state index contributed by atoms with van der Waals surface area (Å²) >= 11 is 9.99. The van der Waals surface area contributed by atoms with Crippen LogP contribution in [0.4, 0.5) is 10.5 Å². The number of carbonyl (C=O) groups is 1. The summed E-state index contributed by atoms with van der Waals surface area (Å²) < 4.78 is 12.0. The first-order valence-electron chi connectivity index (χ1n) is 8.84. The van der Waals surface area contributed by atoms with Gasteiger partial charge in [-0.15, -0.1) is 0 Å².